The molecule has 3 atom stereocenters. The van der Waals surface area contributed by atoms with Crippen molar-refractivity contribution in [1.29, 1.82) is 0 Å². The summed E-state index contributed by atoms with van der Waals surface area (Å²) < 4.78 is 22.7. The van der Waals surface area contributed by atoms with Crippen LogP contribution in [0.2, 0.25) is 10.0 Å². The number of halogens is 2. The van der Waals surface area contributed by atoms with Crippen LogP contribution in [0.5, 0.6) is 0 Å². The van der Waals surface area contributed by atoms with Gasteiger partial charge < -0.3 is 57.9 Å². The van der Waals surface area contributed by atoms with E-state index >= 15 is 0 Å². The maximum atomic E-state index is 13.1. The molecule has 8 heterocycles. The number of hydrogen-bond donors (Lipinski definition) is 0. The standard InChI is InChI=1S/2C27H35ClN2O4.C27H36N2O4.C26H34N2O4/c2*1-19-16-20(2)26(28)23-17-22(29-33-18-24(31)30-14-10-7-11-15-30)13-9-6-4-5-8-12-21(3)34-27(32)25(19)23;1-20-16-21(2)26-23(17-20)18-24(28-32-19-25(30)29-14-10-7-11-15-29)13-9-6-4-5-8-12-22(3)33-27(26)31;1-20-16-21(2)25-22(17-20)18-23(12-8-5-3-4-6-11-15-31-26(25)30)27-32-19-24(29)28-13-9-7-10-14-28/h2*5,8-9,13,16,21H,4,6-7,10-12,14-15,17-18H2,1-3H3;5,8-9,13,16-17,22H,4,6-7,10-12,14-15,18-19H2,1-3H3;4,6,8,12,16-17H,3,5,7,9-11,13-15,18-19H2,1-2H3/b8-5+,13-9+,29-22+;8-5+,13-9+,29-22-;8-5+,13-9+,28-24-;6-4+,12-8+,27-23+/t2*21-;22-;/m111./s1. The van der Waals surface area contributed by atoms with Gasteiger partial charge in [0.25, 0.3) is 23.6 Å². The molecular formula is C107H140Cl2N8O16. The Kier molecular flexibility index (Phi) is 45.2. The fraction of sp³-hybridized carbons (Fsp3) is 0.514. The van der Waals surface area contributed by atoms with Crippen LogP contribution in [0.15, 0.2) is 154 Å². The van der Waals surface area contributed by atoms with E-state index in [1.165, 1.54) is 12.8 Å². The summed E-state index contributed by atoms with van der Waals surface area (Å²) in [5.41, 5.74) is 15.0. The summed E-state index contributed by atoms with van der Waals surface area (Å²) in [5, 5.41) is 18.2. The van der Waals surface area contributed by atoms with Crippen LogP contribution in [0, 0.1) is 55.4 Å². The van der Waals surface area contributed by atoms with E-state index in [1.54, 1.807) is 0 Å². The van der Waals surface area contributed by atoms with E-state index in [9.17, 15) is 38.4 Å². The van der Waals surface area contributed by atoms with Crippen molar-refractivity contribution in [3.63, 3.8) is 0 Å². The fourth-order valence-corrected chi connectivity index (χ4v) is 17.5. The average molecular weight is 1870 g/mol. The lowest BCUT2D eigenvalue weighted by atomic mass is 9.94. The molecule has 0 unspecified atom stereocenters. The predicted octanol–water partition coefficient (Wildman–Crippen LogP) is 21.2. The second-order valence-corrected chi connectivity index (χ2v) is 36.3. The van der Waals surface area contributed by atoms with Crippen molar-refractivity contribution in [2.24, 2.45) is 20.6 Å². The Hall–Kier alpha value is -11.0. The van der Waals surface area contributed by atoms with Gasteiger partial charge in [-0.05, 0) is 291 Å². The molecule has 8 aliphatic rings. The Morgan fingerprint density at radius 3 is 0.902 bits per heavy atom. The minimum absolute atomic E-state index is 0.0280. The molecule has 4 fully saturated rings. The number of oxime groups is 4. The van der Waals surface area contributed by atoms with E-state index in [0.717, 1.165) is 224 Å². The molecule has 0 aromatic heterocycles. The van der Waals surface area contributed by atoms with Gasteiger partial charge in [0, 0.05) is 107 Å². The number of cyclic esters (lactones) is 4. The number of benzene rings is 4. The predicted molar refractivity (Wildman–Crippen MR) is 527 cm³/mol. The SMILES string of the molecule is Cc1cc(C)c2c(c1)CC(=N/OCC(=O)N1CCCCC1)/C=C/CC/C=C/CCOC2=O.Cc1cc(C)c2c(c1)CC(=N\OCC(=O)N1CCCCC1)/C=C/CC/C=C/C[C@@H](C)OC2=O.Cc1cc(C)c2c(c1Cl)CC(=N/OCC(=O)N1CCCCC1)/C=C/CC/C=C/C[C@@H](C)OC2=O.Cc1cc(C)c2c(c1Cl)CC(=N\OCC(=O)N1CCCCC1)/C=C/CC/C=C/C[C@@H](C)OC2=O. The Morgan fingerprint density at radius 2 is 0.586 bits per heavy atom. The molecule has 4 amide bonds. The highest BCUT2D eigenvalue weighted by molar-refractivity contribution is 6.33. The number of carbonyl (C=O) groups is 8. The smallest absolute Gasteiger partial charge is 0.339 e. The molecule has 12 rings (SSSR count). The van der Waals surface area contributed by atoms with Crippen LogP contribution in [-0.4, -0.2) is 194 Å². The van der Waals surface area contributed by atoms with Gasteiger partial charge in [-0.15, -0.1) is 0 Å². The molecule has 8 aliphatic heterocycles. The number of amides is 4. The Morgan fingerprint density at radius 1 is 0.323 bits per heavy atom. The summed E-state index contributed by atoms with van der Waals surface area (Å²) >= 11 is 13.4. The molecule has 718 valence electrons. The lowest BCUT2D eigenvalue weighted by molar-refractivity contribution is -0.137. The van der Waals surface area contributed by atoms with Crippen LogP contribution in [0.25, 0.3) is 0 Å². The van der Waals surface area contributed by atoms with Gasteiger partial charge in [0.2, 0.25) is 0 Å². The van der Waals surface area contributed by atoms with Gasteiger partial charge in [-0.3, -0.25) is 19.2 Å². The van der Waals surface area contributed by atoms with Gasteiger partial charge in [0.15, 0.2) is 26.4 Å². The molecule has 4 aromatic carbocycles. The highest BCUT2D eigenvalue weighted by Crippen LogP contribution is 2.33. The molecule has 4 saturated heterocycles. The van der Waals surface area contributed by atoms with Crippen LogP contribution in [-0.2, 0) is 83.2 Å². The number of esters is 4. The van der Waals surface area contributed by atoms with E-state index < -0.39 is 11.9 Å². The van der Waals surface area contributed by atoms with Gasteiger partial charge in [-0.2, -0.15) is 0 Å². The molecule has 0 N–H and O–H groups in total. The number of rotatable bonds is 12. The zero-order chi connectivity index (χ0) is 95.4. The number of piperidine rings is 4. The van der Waals surface area contributed by atoms with E-state index in [4.69, 9.17) is 61.5 Å². The third-order valence-electron chi connectivity index (χ3n) is 23.9. The highest BCUT2D eigenvalue weighted by Gasteiger charge is 2.29. The van der Waals surface area contributed by atoms with Gasteiger partial charge >= 0.3 is 23.9 Å². The summed E-state index contributed by atoms with van der Waals surface area (Å²) in [4.78, 5) is 131. The summed E-state index contributed by atoms with van der Waals surface area (Å²) in [6.07, 6.45) is 55.8. The summed E-state index contributed by atoms with van der Waals surface area (Å²) in [7, 11) is 0. The van der Waals surface area contributed by atoms with Gasteiger partial charge in [0.1, 0.15) is 18.3 Å². The van der Waals surface area contributed by atoms with E-state index in [0.29, 0.717) is 124 Å². The molecule has 4 aromatic rings. The van der Waals surface area contributed by atoms with Crippen molar-refractivity contribution in [1.82, 2.24) is 19.6 Å². The Balaban J connectivity index is 0.000000199. The van der Waals surface area contributed by atoms with Crippen LogP contribution in [0.3, 0.4) is 0 Å². The minimum Gasteiger partial charge on any atom is -0.462 e. The molecule has 24 nitrogen and oxygen atoms in total. The number of likely N-dealkylation sites (tertiary alicyclic amines) is 4. The maximum Gasteiger partial charge on any atom is 0.339 e. The normalized spacial score (nSPS) is 22.6. The molecule has 0 spiro atoms. The average Bonchev–Trinajstić information content (AvgIpc) is 0.796. The van der Waals surface area contributed by atoms with E-state index in [2.05, 4.69) is 63.2 Å². The molecular weight excluding hydrogens is 1720 g/mol. The maximum absolute atomic E-state index is 13.1. The quantitative estimate of drug-likeness (QED) is 0.0552. The lowest BCUT2D eigenvalue weighted by Gasteiger charge is -2.26. The molecule has 133 heavy (non-hydrogen) atoms. The van der Waals surface area contributed by atoms with Crippen LogP contribution in [0.1, 0.15) is 283 Å². The first-order valence-electron chi connectivity index (χ1n) is 47.9. The first-order valence-corrected chi connectivity index (χ1v) is 48.7. The highest BCUT2D eigenvalue weighted by atomic mass is 35.5. The summed E-state index contributed by atoms with van der Waals surface area (Å²) in [6, 6.07) is 11.8. The molecule has 26 heteroatoms. The topological polar surface area (TPSA) is 273 Å². The van der Waals surface area contributed by atoms with Crippen LogP contribution >= 0.6 is 23.2 Å². The fourth-order valence-electron chi connectivity index (χ4n) is 17.1. The number of allylic oxidation sites excluding steroid dienone is 12. The number of nitrogens with zero attached hydrogens (tertiary/aromatic N) is 8. The van der Waals surface area contributed by atoms with Gasteiger partial charge in [-0.1, -0.05) is 164 Å². The largest absolute Gasteiger partial charge is 0.462 e. The number of ether oxygens (including phenoxy) is 4. The second kappa shape index (κ2) is 56.9. The lowest BCUT2D eigenvalue weighted by Crippen LogP contribution is -2.37. The van der Waals surface area contributed by atoms with Crippen molar-refractivity contribution < 1.29 is 76.7 Å². The molecule has 0 radical (unpaired) electrons. The van der Waals surface area contributed by atoms with Gasteiger partial charge in [0.05, 0.1) is 51.7 Å². The third kappa shape index (κ3) is 35.7. The van der Waals surface area contributed by atoms with Crippen molar-refractivity contribution in [3.8, 4) is 0 Å². The van der Waals surface area contributed by atoms with Gasteiger partial charge in [-0.25, -0.2) is 19.2 Å². The van der Waals surface area contributed by atoms with Crippen LogP contribution < -0.4 is 0 Å². The first kappa shape index (κ1) is 106. The monoisotopic (exact) mass is 1860 g/mol. The van der Waals surface area contributed by atoms with Crippen LogP contribution in [0.4, 0.5) is 0 Å². The third-order valence-corrected chi connectivity index (χ3v) is 25.0. The Bertz CT molecular complexity index is 4850. The first-order chi connectivity index (χ1) is 64.2. The van der Waals surface area contributed by atoms with Crippen molar-refractivity contribution >= 4 is 93.6 Å². The second-order valence-electron chi connectivity index (χ2n) is 35.6. The number of aryl methyl sites for hydroxylation is 8. The number of hydrogen-bond acceptors (Lipinski definition) is 20. The molecule has 0 saturated carbocycles. The minimum atomic E-state index is -0.392. The summed E-state index contributed by atoms with van der Waals surface area (Å²) in [5.74, 6) is -1.58. The zero-order valence-electron chi connectivity index (χ0n) is 80.3. The van der Waals surface area contributed by atoms with E-state index in [1.807, 2.05) is 187 Å². The number of carbonyl (C=O) groups excluding carboxylic acids is 8. The summed E-state index contributed by atoms with van der Waals surface area (Å²) in [6.45, 7) is 27.4. The van der Waals surface area contributed by atoms with Crippen molar-refractivity contribution in [3.05, 3.63) is 233 Å². The van der Waals surface area contributed by atoms with Crippen molar-refractivity contribution in [2.45, 2.75) is 274 Å². The zero-order valence-corrected chi connectivity index (χ0v) is 81.8. The Labute approximate surface area is 798 Å². The molecule has 0 aliphatic carbocycles. The molecule has 0 bridgehead atoms. The van der Waals surface area contributed by atoms with E-state index in [-0.39, 0.29) is 80.3 Å². The van der Waals surface area contributed by atoms with Crippen molar-refractivity contribution in [2.75, 3.05) is 85.4 Å². The number of fused-ring (bicyclic) bond motifs is 4.